The van der Waals surface area contributed by atoms with E-state index in [1.165, 1.54) is 18.9 Å². The van der Waals surface area contributed by atoms with Crippen molar-refractivity contribution in [2.45, 2.75) is 57.7 Å². The highest BCUT2D eigenvalue weighted by molar-refractivity contribution is 6.76. The standard InChI is InChI=1S/C27H32FN7O3Si/c1-39(2,3)11-10-37-17-33-16-29-25(32-33)21-7-6-19(13-23(21)28)22-14-30-34-9-8-24(31-26(22)34)35-20(12-18-4-5-18)15-38-27(35)36/h6-9,13-14,16,18,20H,4-5,10-12,15,17H2,1-3H3/t20-/m0/s1. The average molecular weight is 550 g/mol. The predicted molar refractivity (Wildman–Crippen MR) is 146 cm³/mol. The fourth-order valence-electron chi connectivity index (χ4n) is 4.73. The van der Waals surface area contributed by atoms with Gasteiger partial charge in [-0.15, -0.1) is 5.10 Å². The molecule has 1 amide bonds. The van der Waals surface area contributed by atoms with E-state index in [2.05, 4.69) is 34.8 Å². The first-order valence-electron chi connectivity index (χ1n) is 13.3. The topological polar surface area (TPSA) is 99.7 Å². The van der Waals surface area contributed by atoms with Crippen LogP contribution in [0.3, 0.4) is 0 Å². The zero-order valence-electron chi connectivity index (χ0n) is 22.4. The zero-order valence-corrected chi connectivity index (χ0v) is 23.4. The fraction of sp³-hybridized carbons (Fsp3) is 0.444. The van der Waals surface area contributed by atoms with Crippen molar-refractivity contribution >= 4 is 25.6 Å². The van der Waals surface area contributed by atoms with Crippen LogP contribution in [0.25, 0.3) is 28.2 Å². The number of hydrogen-bond donors (Lipinski definition) is 0. The number of benzene rings is 1. The van der Waals surface area contributed by atoms with Gasteiger partial charge in [0.15, 0.2) is 11.5 Å². The number of fused-ring (bicyclic) bond motifs is 1. The number of rotatable bonds is 10. The normalized spacial score (nSPS) is 17.8. The van der Waals surface area contributed by atoms with Crippen LogP contribution in [0.1, 0.15) is 19.3 Å². The molecule has 10 nitrogen and oxygen atoms in total. The Morgan fingerprint density at radius 1 is 1.18 bits per heavy atom. The highest BCUT2D eigenvalue weighted by atomic mass is 28.3. The first-order chi connectivity index (χ1) is 18.7. The minimum absolute atomic E-state index is 0.0268. The summed E-state index contributed by atoms with van der Waals surface area (Å²) in [5.74, 6) is 0.998. The molecule has 1 aliphatic heterocycles. The monoisotopic (exact) mass is 549 g/mol. The maximum Gasteiger partial charge on any atom is 0.415 e. The maximum atomic E-state index is 15.3. The van der Waals surface area contributed by atoms with Crippen LogP contribution >= 0.6 is 0 Å². The van der Waals surface area contributed by atoms with Crippen molar-refractivity contribution in [1.29, 1.82) is 0 Å². The van der Waals surface area contributed by atoms with Crippen LogP contribution in [0, 0.1) is 11.7 Å². The van der Waals surface area contributed by atoms with Crippen LogP contribution in [0.5, 0.6) is 0 Å². The molecule has 0 N–H and O–H groups in total. The minimum atomic E-state index is -1.17. The molecule has 0 spiro atoms. The SMILES string of the molecule is C[Si](C)(C)CCOCn1cnc(-c2ccc(-c3cnn4ccc(N5C(=O)OC[C@@H]5CC5CC5)nc34)cc2F)n1. The average Bonchev–Trinajstić information content (AvgIpc) is 3.26. The van der Waals surface area contributed by atoms with Crippen molar-refractivity contribution in [3.05, 3.63) is 48.8 Å². The van der Waals surface area contributed by atoms with Crippen molar-refractivity contribution in [1.82, 2.24) is 29.4 Å². The molecule has 39 heavy (non-hydrogen) atoms. The van der Waals surface area contributed by atoms with Crippen LogP contribution < -0.4 is 4.90 Å². The number of nitrogens with zero attached hydrogens (tertiary/aromatic N) is 7. The van der Waals surface area contributed by atoms with Crippen LogP contribution in [0.15, 0.2) is 43.0 Å². The quantitative estimate of drug-likeness (QED) is 0.197. The molecule has 0 unspecified atom stereocenters. The number of amides is 1. The van der Waals surface area contributed by atoms with Gasteiger partial charge in [0, 0.05) is 26.4 Å². The minimum Gasteiger partial charge on any atom is -0.447 e. The van der Waals surface area contributed by atoms with Crippen LogP contribution in [-0.2, 0) is 16.2 Å². The molecule has 1 aromatic carbocycles. The summed E-state index contributed by atoms with van der Waals surface area (Å²) < 4.78 is 29.5. The molecule has 1 saturated heterocycles. The third-order valence-electron chi connectivity index (χ3n) is 7.14. The molecule has 4 aromatic rings. The predicted octanol–water partition coefficient (Wildman–Crippen LogP) is 5.23. The lowest BCUT2D eigenvalue weighted by atomic mass is 10.1. The Kier molecular flexibility index (Phi) is 6.67. The molecule has 1 atom stereocenters. The summed E-state index contributed by atoms with van der Waals surface area (Å²) in [4.78, 5) is 23.2. The van der Waals surface area contributed by atoms with E-state index in [0.717, 1.165) is 12.5 Å². The summed E-state index contributed by atoms with van der Waals surface area (Å²) in [6.07, 6.45) is 7.87. The van der Waals surface area contributed by atoms with Crippen molar-refractivity contribution in [3.8, 4) is 22.5 Å². The van der Waals surface area contributed by atoms with Gasteiger partial charge in [0.25, 0.3) is 0 Å². The second kappa shape index (κ2) is 10.2. The van der Waals surface area contributed by atoms with Gasteiger partial charge in [-0.25, -0.2) is 28.4 Å². The van der Waals surface area contributed by atoms with Gasteiger partial charge in [0.2, 0.25) is 0 Å². The Labute approximate surface area is 226 Å². The molecular formula is C27H32FN7O3Si. The van der Waals surface area contributed by atoms with E-state index in [1.807, 2.05) is 0 Å². The van der Waals surface area contributed by atoms with E-state index in [1.54, 1.807) is 51.0 Å². The molecule has 2 aliphatic rings. The van der Waals surface area contributed by atoms with Crippen molar-refractivity contribution in [2.24, 2.45) is 5.92 Å². The molecular weight excluding hydrogens is 517 g/mol. The summed E-state index contributed by atoms with van der Waals surface area (Å²) in [6, 6.07) is 7.69. The first-order valence-corrected chi connectivity index (χ1v) is 17.0. The largest absolute Gasteiger partial charge is 0.447 e. The van der Waals surface area contributed by atoms with Gasteiger partial charge >= 0.3 is 6.09 Å². The smallest absolute Gasteiger partial charge is 0.415 e. The van der Waals surface area contributed by atoms with Gasteiger partial charge in [0.05, 0.1) is 17.8 Å². The van der Waals surface area contributed by atoms with Crippen LogP contribution in [0.2, 0.25) is 25.7 Å². The second-order valence-electron chi connectivity index (χ2n) is 11.5. The summed E-state index contributed by atoms with van der Waals surface area (Å²) >= 11 is 0. The molecule has 0 radical (unpaired) electrons. The van der Waals surface area contributed by atoms with E-state index in [9.17, 15) is 4.79 Å². The van der Waals surface area contributed by atoms with E-state index in [0.29, 0.717) is 53.1 Å². The second-order valence-corrected chi connectivity index (χ2v) is 17.2. The van der Waals surface area contributed by atoms with Gasteiger partial charge in [-0.05, 0) is 42.1 Å². The number of cyclic esters (lactones) is 1. The van der Waals surface area contributed by atoms with Crippen molar-refractivity contribution in [3.63, 3.8) is 0 Å². The van der Waals surface area contributed by atoms with E-state index in [-0.39, 0.29) is 18.9 Å². The fourth-order valence-corrected chi connectivity index (χ4v) is 5.49. The third-order valence-corrected chi connectivity index (χ3v) is 8.85. The molecule has 3 aromatic heterocycles. The Hall–Kier alpha value is -3.64. The molecule has 6 rings (SSSR count). The van der Waals surface area contributed by atoms with Crippen LogP contribution in [0.4, 0.5) is 15.0 Å². The van der Waals surface area contributed by atoms with Gasteiger partial charge in [-0.1, -0.05) is 38.5 Å². The molecule has 2 fully saturated rings. The van der Waals surface area contributed by atoms with Gasteiger partial charge in [-0.3, -0.25) is 4.90 Å². The highest BCUT2D eigenvalue weighted by Gasteiger charge is 2.39. The summed E-state index contributed by atoms with van der Waals surface area (Å²) in [6.45, 7) is 8.21. The van der Waals surface area contributed by atoms with Crippen molar-refractivity contribution < 1.29 is 18.7 Å². The zero-order chi connectivity index (χ0) is 27.1. The Balaban J connectivity index is 1.21. The Bertz CT molecular complexity index is 1510. The van der Waals surface area contributed by atoms with Gasteiger partial charge in [0.1, 0.15) is 31.3 Å². The lowest BCUT2D eigenvalue weighted by Gasteiger charge is -2.20. The lowest BCUT2D eigenvalue weighted by Crippen LogP contribution is -2.34. The number of aromatic nitrogens is 6. The lowest BCUT2D eigenvalue weighted by molar-refractivity contribution is 0.0784. The Morgan fingerprint density at radius 2 is 2.03 bits per heavy atom. The molecule has 1 saturated carbocycles. The summed E-state index contributed by atoms with van der Waals surface area (Å²) in [5.41, 5.74) is 2.10. The molecule has 1 aliphatic carbocycles. The van der Waals surface area contributed by atoms with E-state index < -0.39 is 13.9 Å². The summed E-state index contributed by atoms with van der Waals surface area (Å²) in [5, 5.41) is 8.77. The number of ether oxygens (including phenoxy) is 2. The number of anilines is 1. The van der Waals surface area contributed by atoms with E-state index >= 15 is 4.39 Å². The molecule has 12 heteroatoms. The maximum absolute atomic E-state index is 15.3. The van der Waals surface area contributed by atoms with Crippen molar-refractivity contribution in [2.75, 3.05) is 18.1 Å². The summed E-state index contributed by atoms with van der Waals surface area (Å²) in [7, 11) is -1.17. The highest BCUT2D eigenvalue weighted by Crippen LogP contribution is 2.37. The molecule has 204 valence electrons. The third kappa shape index (κ3) is 5.57. The van der Waals surface area contributed by atoms with Gasteiger partial charge < -0.3 is 9.47 Å². The molecule has 4 heterocycles. The number of halogens is 1. The number of carbonyl (C=O) groups is 1. The van der Waals surface area contributed by atoms with Crippen LogP contribution in [-0.4, -0.2) is 62.8 Å². The van der Waals surface area contributed by atoms with E-state index in [4.69, 9.17) is 14.5 Å². The number of carbonyl (C=O) groups excluding carboxylic acids is 1. The van der Waals surface area contributed by atoms with Gasteiger partial charge in [-0.2, -0.15) is 5.10 Å². The molecule has 0 bridgehead atoms. The first kappa shape index (κ1) is 25.6. The Morgan fingerprint density at radius 3 is 2.79 bits per heavy atom. The number of hydrogen-bond acceptors (Lipinski definition) is 7.